The van der Waals surface area contributed by atoms with Crippen molar-refractivity contribution in [2.75, 3.05) is 5.32 Å². The molecule has 26 heavy (non-hydrogen) atoms. The van der Waals surface area contributed by atoms with E-state index in [9.17, 15) is 14.4 Å². The number of carboxylic acids is 1. The maximum atomic E-state index is 12.4. The van der Waals surface area contributed by atoms with Gasteiger partial charge in [0.05, 0.1) is 5.56 Å². The van der Waals surface area contributed by atoms with Gasteiger partial charge >= 0.3 is 5.97 Å². The molecule has 1 atom stereocenters. The van der Waals surface area contributed by atoms with E-state index >= 15 is 0 Å². The van der Waals surface area contributed by atoms with Gasteiger partial charge in [-0.3, -0.25) is 9.59 Å². The Morgan fingerprint density at radius 1 is 1.00 bits per heavy atom. The molecule has 0 aliphatic rings. The molecule has 2 rings (SSSR count). The molecule has 0 saturated carbocycles. The van der Waals surface area contributed by atoms with Crippen LogP contribution in [0.3, 0.4) is 0 Å². The summed E-state index contributed by atoms with van der Waals surface area (Å²) in [5.74, 6) is -1.99. The molecule has 0 spiro atoms. The van der Waals surface area contributed by atoms with Crippen molar-refractivity contribution in [1.82, 2.24) is 0 Å². The van der Waals surface area contributed by atoms with Crippen LogP contribution in [0.25, 0.3) is 0 Å². The summed E-state index contributed by atoms with van der Waals surface area (Å²) < 4.78 is 0. The van der Waals surface area contributed by atoms with Gasteiger partial charge in [0.25, 0.3) is 0 Å². The number of amides is 1. The van der Waals surface area contributed by atoms with Gasteiger partial charge in [-0.15, -0.1) is 0 Å². The molecule has 1 amide bonds. The average molecular weight is 427 g/mol. The zero-order valence-electron chi connectivity index (χ0n) is 14.7. The molecule has 0 saturated heterocycles. The number of nitrogens with one attached hydrogen (secondary N) is 1. The Hall–Kier alpha value is -1.85. The van der Waals surface area contributed by atoms with Gasteiger partial charge < -0.3 is 16.8 Å². The molecular weight excluding hydrogens is 407 g/mol. The second kappa shape index (κ2) is 10.3. The van der Waals surface area contributed by atoms with Gasteiger partial charge in [0.2, 0.25) is 0 Å². The van der Waals surface area contributed by atoms with Gasteiger partial charge in [0.15, 0.2) is 11.7 Å². The van der Waals surface area contributed by atoms with Gasteiger partial charge in [0.1, 0.15) is 0 Å². The molecule has 2 N–H and O–H groups in total. The summed E-state index contributed by atoms with van der Waals surface area (Å²) >= 11 is 0. The van der Waals surface area contributed by atoms with Crippen molar-refractivity contribution in [2.24, 2.45) is 5.92 Å². The molecule has 5 nitrogen and oxygen atoms in total. The van der Waals surface area contributed by atoms with E-state index in [1.807, 2.05) is 19.1 Å². The molecule has 133 valence electrons. The Morgan fingerprint density at radius 2 is 1.54 bits per heavy atom. The van der Waals surface area contributed by atoms with Crippen LogP contribution < -0.4 is 5.32 Å². The molecule has 1 radical (unpaired) electrons. The minimum atomic E-state index is -1.03. The number of Topliss-reactive ketones (excluding diaryl/α,β-unsaturated/α-hetero) is 1. The Bertz CT molecular complexity index is 769. The molecule has 0 fully saturated rings. The van der Waals surface area contributed by atoms with Crippen molar-refractivity contribution in [2.45, 2.75) is 20.3 Å². The molecule has 0 aromatic heterocycles. The molecule has 1 unspecified atom stereocenters. The summed E-state index contributed by atoms with van der Waals surface area (Å²) in [5, 5.41) is 11.6. The van der Waals surface area contributed by atoms with Gasteiger partial charge in [-0.2, -0.15) is 6.92 Å². The van der Waals surface area contributed by atoms with Crippen molar-refractivity contribution in [1.29, 1.82) is 0 Å². The molecule has 2 aromatic carbocycles. The van der Waals surface area contributed by atoms with Crippen LogP contribution in [0.4, 0.5) is 5.69 Å². The summed E-state index contributed by atoms with van der Waals surface area (Å²) in [4.78, 5) is 35.5. The number of rotatable bonds is 7. The first-order valence-corrected chi connectivity index (χ1v) is 7.94. The Labute approximate surface area is 178 Å². The molecule has 0 aliphatic carbocycles. The van der Waals surface area contributed by atoms with Crippen LogP contribution in [-0.2, 0) is 37.5 Å². The molecule has 0 bridgehead atoms. The number of ketones is 1. The van der Waals surface area contributed by atoms with E-state index < -0.39 is 11.9 Å². The largest absolute Gasteiger partial charge is 0.478 e. The first kappa shape index (κ1) is 22.2. The predicted molar refractivity (Wildman–Crippen MR) is 95.6 cm³/mol. The minimum Gasteiger partial charge on any atom is -0.478 e. The van der Waals surface area contributed by atoms with Crippen LogP contribution >= 0.6 is 0 Å². The molecule has 2 aromatic rings. The molecule has 6 heteroatoms. The standard InChI is InChI=1S/C20H20NO4.Y/c1-3-14(12-18(22)15-6-4-13(2)5-7-15)19(23)21-17-10-8-16(9-11-17)20(24)25;/h3-11,14H,12H2,1-2H3,(H,21,23)(H,24,25);/q-1;. The first-order valence-electron chi connectivity index (χ1n) is 7.94. The van der Waals surface area contributed by atoms with E-state index in [0.29, 0.717) is 11.3 Å². The number of hydrogen-bond acceptors (Lipinski definition) is 3. The summed E-state index contributed by atoms with van der Waals surface area (Å²) in [6.45, 7) is 3.68. The number of aromatic carboxylic acids is 1. The number of aryl methyl sites for hydroxylation is 1. The summed E-state index contributed by atoms with van der Waals surface area (Å²) in [6.07, 6.45) is 1.77. The van der Waals surface area contributed by atoms with Crippen molar-refractivity contribution in [3.63, 3.8) is 0 Å². The van der Waals surface area contributed by atoms with E-state index in [2.05, 4.69) is 5.32 Å². The third-order valence-electron chi connectivity index (χ3n) is 3.92. The number of anilines is 1. The fourth-order valence-corrected chi connectivity index (χ4v) is 2.35. The fraction of sp³-hybridized carbons (Fsp3) is 0.200. The summed E-state index contributed by atoms with van der Waals surface area (Å²) in [6, 6.07) is 13.1. The summed E-state index contributed by atoms with van der Waals surface area (Å²) in [5.41, 5.74) is 2.28. The van der Waals surface area contributed by atoms with E-state index in [1.54, 1.807) is 25.5 Å². The smallest absolute Gasteiger partial charge is 0.335 e. The Kier molecular flexibility index (Phi) is 8.83. The predicted octanol–water partition coefficient (Wildman–Crippen LogP) is 3.74. The average Bonchev–Trinajstić information content (AvgIpc) is 2.60. The van der Waals surface area contributed by atoms with Crippen molar-refractivity contribution in [3.8, 4) is 0 Å². The van der Waals surface area contributed by atoms with E-state index in [-0.39, 0.29) is 56.4 Å². The quantitative estimate of drug-likeness (QED) is 0.521. The Balaban J connectivity index is 0.00000338. The van der Waals surface area contributed by atoms with E-state index in [0.717, 1.165) is 5.56 Å². The van der Waals surface area contributed by atoms with Crippen LogP contribution in [0.5, 0.6) is 0 Å². The van der Waals surface area contributed by atoms with Gasteiger partial charge in [0, 0.05) is 44.0 Å². The number of benzene rings is 2. The zero-order valence-corrected chi connectivity index (χ0v) is 17.6. The fourth-order valence-electron chi connectivity index (χ4n) is 2.35. The van der Waals surface area contributed by atoms with Crippen LogP contribution in [-0.4, -0.2) is 22.8 Å². The number of hydrogen-bond donors (Lipinski definition) is 2. The monoisotopic (exact) mass is 427 g/mol. The number of carboxylic acid groups (broad SMARTS) is 1. The van der Waals surface area contributed by atoms with Gasteiger partial charge in [-0.25, -0.2) is 4.79 Å². The van der Waals surface area contributed by atoms with Crippen molar-refractivity contribution >= 4 is 23.3 Å². The van der Waals surface area contributed by atoms with E-state index in [1.165, 1.54) is 24.3 Å². The molecule has 0 heterocycles. The second-order valence-corrected chi connectivity index (χ2v) is 5.80. The third-order valence-corrected chi connectivity index (χ3v) is 3.92. The normalized spacial score (nSPS) is 11.2. The maximum Gasteiger partial charge on any atom is 0.335 e. The minimum absolute atomic E-state index is 0. The molecular formula is C20H20NO4Y-. The number of carbonyl (C=O) groups is 3. The van der Waals surface area contributed by atoms with Crippen LogP contribution in [0.1, 0.15) is 39.6 Å². The second-order valence-electron chi connectivity index (χ2n) is 5.80. The topological polar surface area (TPSA) is 83.5 Å². The Morgan fingerprint density at radius 3 is 2.04 bits per heavy atom. The van der Waals surface area contributed by atoms with Crippen molar-refractivity contribution in [3.05, 3.63) is 71.6 Å². The number of carbonyl (C=O) groups excluding carboxylic acids is 2. The van der Waals surface area contributed by atoms with Crippen LogP contribution in [0, 0.1) is 19.3 Å². The van der Waals surface area contributed by atoms with Crippen molar-refractivity contribution < 1.29 is 52.2 Å². The maximum absolute atomic E-state index is 12.4. The SMILES string of the molecule is C[CH-]C(CC(=O)c1ccc(C)cc1)C(=O)Nc1ccc(C(=O)O)cc1.[Y]. The van der Waals surface area contributed by atoms with Gasteiger partial charge in [-0.1, -0.05) is 35.7 Å². The van der Waals surface area contributed by atoms with E-state index in [4.69, 9.17) is 5.11 Å². The van der Waals surface area contributed by atoms with Gasteiger partial charge in [-0.05, 0) is 37.6 Å². The van der Waals surface area contributed by atoms with Crippen LogP contribution in [0.15, 0.2) is 48.5 Å². The first-order chi connectivity index (χ1) is 11.9. The third kappa shape index (κ3) is 6.15. The van der Waals surface area contributed by atoms with Crippen LogP contribution in [0.2, 0.25) is 0 Å². The summed E-state index contributed by atoms with van der Waals surface area (Å²) in [7, 11) is 0. The zero-order chi connectivity index (χ0) is 18.4. The molecule has 0 aliphatic heterocycles.